The standard InChI is InChI=1S/C16H21ClN2O/c1-3-16(8-5-9-16)11-19-12-6-4-7-13(20-2)15(12)18-14(19)10-17/h4,6-7H,3,5,8-11H2,1-2H3. The molecule has 2 aromatic rings. The highest BCUT2D eigenvalue weighted by Crippen LogP contribution is 2.46. The van der Waals surface area contributed by atoms with Crippen LogP contribution in [0.4, 0.5) is 0 Å². The van der Waals surface area contributed by atoms with Crippen molar-refractivity contribution in [3.63, 3.8) is 0 Å². The van der Waals surface area contributed by atoms with E-state index in [0.29, 0.717) is 11.3 Å². The van der Waals surface area contributed by atoms with E-state index in [-0.39, 0.29) is 0 Å². The first-order valence-corrected chi connectivity index (χ1v) is 7.84. The fraction of sp³-hybridized carbons (Fsp3) is 0.562. The van der Waals surface area contributed by atoms with Crippen molar-refractivity contribution in [2.45, 2.75) is 45.0 Å². The van der Waals surface area contributed by atoms with Crippen LogP contribution >= 0.6 is 11.6 Å². The van der Waals surface area contributed by atoms with E-state index in [1.165, 1.54) is 25.7 Å². The molecule has 0 aliphatic heterocycles. The number of ether oxygens (including phenoxy) is 1. The number of rotatable bonds is 5. The second kappa shape index (κ2) is 5.28. The SMILES string of the molecule is CCC1(Cn2c(CCl)nc3c(OC)cccc32)CCC1. The van der Waals surface area contributed by atoms with Gasteiger partial charge in [-0.05, 0) is 36.8 Å². The normalized spacial score (nSPS) is 17.1. The molecule has 1 aliphatic carbocycles. The molecule has 3 nitrogen and oxygen atoms in total. The molecule has 0 N–H and O–H groups in total. The van der Waals surface area contributed by atoms with Crippen LogP contribution in [-0.2, 0) is 12.4 Å². The van der Waals surface area contributed by atoms with Gasteiger partial charge in [-0.2, -0.15) is 0 Å². The van der Waals surface area contributed by atoms with Gasteiger partial charge >= 0.3 is 0 Å². The minimum Gasteiger partial charge on any atom is -0.494 e. The summed E-state index contributed by atoms with van der Waals surface area (Å²) in [7, 11) is 1.69. The first kappa shape index (κ1) is 13.7. The molecule has 0 amide bonds. The van der Waals surface area contributed by atoms with Crippen molar-refractivity contribution in [2.75, 3.05) is 7.11 Å². The summed E-state index contributed by atoms with van der Waals surface area (Å²) in [6.45, 7) is 3.31. The lowest BCUT2D eigenvalue weighted by atomic mass is 9.67. The van der Waals surface area contributed by atoms with E-state index in [2.05, 4.69) is 22.5 Å². The molecule has 0 unspecified atom stereocenters. The van der Waals surface area contributed by atoms with Gasteiger partial charge in [0.25, 0.3) is 0 Å². The Morgan fingerprint density at radius 3 is 2.75 bits per heavy atom. The maximum absolute atomic E-state index is 6.11. The number of methoxy groups -OCH3 is 1. The molecule has 1 aliphatic rings. The Labute approximate surface area is 124 Å². The molecule has 0 spiro atoms. The third-order valence-electron chi connectivity index (χ3n) is 4.82. The molecule has 1 fully saturated rings. The van der Waals surface area contributed by atoms with E-state index in [4.69, 9.17) is 16.3 Å². The number of fused-ring (bicyclic) bond motifs is 1. The lowest BCUT2D eigenvalue weighted by Gasteiger charge is -2.42. The summed E-state index contributed by atoms with van der Waals surface area (Å²) in [6.07, 6.45) is 5.20. The lowest BCUT2D eigenvalue weighted by Crippen LogP contribution is -2.33. The van der Waals surface area contributed by atoms with Crippen LogP contribution in [-0.4, -0.2) is 16.7 Å². The summed E-state index contributed by atoms with van der Waals surface area (Å²) in [5.74, 6) is 2.22. The zero-order valence-corrected chi connectivity index (χ0v) is 12.9. The van der Waals surface area contributed by atoms with Crippen molar-refractivity contribution in [3.05, 3.63) is 24.0 Å². The van der Waals surface area contributed by atoms with E-state index in [1.54, 1.807) is 7.11 Å². The summed E-state index contributed by atoms with van der Waals surface area (Å²) >= 11 is 6.11. The topological polar surface area (TPSA) is 27.1 Å². The predicted molar refractivity (Wildman–Crippen MR) is 82.4 cm³/mol. The quantitative estimate of drug-likeness (QED) is 0.766. The highest BCUT2D eigenvalue weighted by Gasteiger charge is 2.36. The average Bonchev–Trinajstić information content (AvgIpc) is 2.80. The van der Waals surface area contributed by atoms with Gasteiger partial charge in [-0.3, -0.25) is 0 Å². The maximum Gasteiger partial charge on any atom is 0.146 e. The predicted octanol–water partition coefficient (Wildman–Crippen LogP) is 4.36. The summed E-state index contributed by atoms with van der Waals surface area (Å²) in [6, 6.07) is 6.09. The molecular formula is C16H21ClN2O. The second-order valence-electron chi connectivity index (χ2n) is 5.78. The van der Waals surface area contributed by atoms with Crippen molar-refractivity contribution >= 4 is 22.6 Å². The van der Waals surface area contributed by atoms with Crippen molar-refractivity contribution in [2.24, 2.45) is 5.41 Å². The van der Waals surface area contributed by atoms with Gasteiger partial charge in [0, 0.05) is 6.54 Å². The first-order valence-electron chi connectivity index (χ1n) is 7.31. The van der Waals surface area contributed by atoms with Crippen LogP contribution in [0.25, 0.3) is 11.0 Å². The van der Waals surface area contributed by atoms with Crippen LogP contribution in [0.15, 0.2) is 18.2 Å². The lowest BCUT2D eigenvalue weighted by molar-refractivity contribution is 0.101. The third-order valence-corrected chi connectivity index (χ3v) is 5.06. The molecule has 1 saturated carbocycles. The van der Waals surface area contributed by atoms with Crippen LogP contribution in [0.2, 0.25) is 0 Å². The minimum atomic E-state index is 0.442. The highest BCUT2D eigenvalue weighted by atomic mass is 35.5. The van der Waals surface area contributed by atoms with E-state index < -0.39 is 0 Å². The molecule has 4 heteroatoms. The monoisotopic (exact) mass is 292 g/mol. The van der Waals surface area contributed by atoms with Crippen LogP contribution in [0.3, 0.4) is 0 Å². The molecular weight excluding hydrogens is 272 g/mol. The summed E-state index contributed by atoms with van der Waals surface area (Å²) < 4.78 is 7.72. The number of nitrogens with zero attached hydrogens (tertiary/aromatic N) is 2. The molecule has 1 aromatic carbocycles. The number of para-hydroxylation sites is 1. The Kier molecular flexibility index (Phi) is 3.63. The molecule has 1 aromatic heterocycles. The van der Waals surface area contributed by atoms with E-state index >= 15 is 0 Å². The van der Waals surface area contributed by atoms with Gasteiger partial charge in [-0.1, -0.05) is 19.4 Å². The molecule has 108 valence electrons. The first-order chi connectivity index (χ1) is 9.73. The highest BCUT2D eigenvalue weighted by molar-refractivity contribution is 6.16. The van der Waals surface area contributed by atoms with E-state index in [9.17, 15) is 0 Å². The molecule has 1 heterocycles. The van der Waals surface area contributed by atoms with Crippen LogP contribution < -0.4 is 4.74 Å². The Morgan fingerprint density at radius 1 is 1.40 bits per heavy atom. The van der Waals surface area contributed by atoms with E-state index in [0.717, 1.165) is 29.2 Å². The minimum absolute atomic E-state index is 0.442. The molecule has 0 saturated heterocycles. The van der Waals surface area contributed by atoms with Crippen molar-refractivity contribution in [3.8, 4) is 5.75 Å². The second-order valence-corrected chi connectivity index (χ2v) is 6.05. The summed E-state index contributed by atoms with van der Waals surface area (Å²) in [5.41, 5.74) is 2.51. The smallest absolute Gasteiger partial charge is 0.146 e. The Morgan fingerprint density at radius 2 is 2.20 bits per heavy atom. The number of hydrogen-bond donors (Lipinski definition) is 0. The zero-order valence-electron chi connectivity index (χ0n) is 12.2. The number of benzene rings is 1. The number of hydrogen-bond acceptors (Lipinski definition) is 2. The number of aromatic nitrogens is 2. The van der Waals surface area contributed by atoms with Gasteiger partial charge in [0.15, 0.2) is 0 Å². The maximum atomic E-state index is 6.11. The Balaban J connectivity index is 2.08. The fourth-order valence-electron chi connectivity index (χ4n) is 3.25. The van der Waals surface area contributed by atoms with Gasteiger partial charge in [-0.25, -0.2) is 4.98 Å². The summed E-state index contributed by atoms with van der Waals surface area (Å²) in [5, 5.41) is 0. The van der Waals surface area contributed by atoms with Gasteiger partial charge in [0.1, 0.15) is 17.1 Å². The van der Waals surface area contributed by atoms with Gasteiger partial charge < -0.3 is 9.30 Å². The van der Waals surface area contributed by atoms with Gasteiger partial charge in [0.2, 0.25) is 0 Å². The molecule has 20 heavy (non-hydrogen) atoms. The third kappa shape index (κ3) is 2.08. The Bertz CT molecular complexity index is 611. The van der Waals surface area contributed by atoms with Gasteiger partial charge in [0.05, 0.1) is 18.5 Å². The largest absolute Gasteiger partial charge is 0.494 e. The van der Waals surface area contributed by atoms with Crippen LogP contribution in [0.1, 0.15) is 38.4 Å². The van der Waals surface area contributed by atoms with Crippen molar-refractivity contribution in [1.82, 2.24) is 9.55 Å². The number of alkyl halides is 1. The average molecular weight is 293 g/mol. The zero-order chi connectivity index (χ0) is 14.2. The Hall–Kier alpha value is -1.22. The number of halogens is 1. The number of imidazole rings is 1. The van der Waals surface area contributed by atoms with Crippen molar-refractivity contribution in [1.29, 1.82) is 0 Å². The molecule has 0 bridgehead atoms. The van der Waals surface area contributed by atoms with Crippen LogP contribution in [0.5, 0.6) is 5.75 Å². The molecule has 3 rings (SSSR count). The molecule has 0 atom stereocenters. The van der Waals surface area contributed by atoms with Crippen LogP contribution in [0, 0.1) is 5.41 Å². The summed E-state index contributed by atoms with van der Waals surface area (Å²) in [4.78, 5) is 4.68. The van der Waals surface area contributed by atoms with Crippen molar-refractivity contribution < 1.29 is 4.74 Å². The molecule has 0 radical (unpaired) electrons. The fourth-order valence-corrected chi connectivity index (χ4v) is 3.45. The van der Waals surface area contributed by atoms with Gasteiger partial charge in [-0.15, -0.1) is 11.6 Å². The van der Waals surface area contributed by atoms with E-state index in [1.807, 2.05) is 12.1 Å².